The SMILES string of the molecule is NC(=O)c1cccc(CI)c1. The zero-order chi connectivity index (χ0) is 8.27. The normalized spacial score (nSPS) is 9.55. The second-order valence-corrected chi connectivity index (χ2v) is 2.96. The molecule has 1 amide bonds. The Hall–Kier alpha value is -0.580. The number of amides is 1. The van der Waals surface area contributed by atoms with Gasteiger partial charge in [0.15, 0.2) is 0 Å². The van der Waals surface area contributed by atoms with Crippen molar-refractivity contribution in [2.45, 2.75) is 4.43 Å². The van der Waals surface area contributed by atoms with Crippen LogP contribution in [0.15, 0.2) is 24.3 Å². The monoisotopic (exact) mass is 261 g/mol. The second-order valence-electron chi connectivity index (χ2n) is 2.20. The predicted molar refractivity (Wildman–Crippen MR) is 52.7 cm³/mol. The smallest absolute Gasteiger partial charge is 0.248 e. The maximum atomic E-state index is 10.7. The summed E-state index contributed by atoms with van der Waals surface area (Å²) in [6.07, 6.45) is 0. The first-order valence-corrected chi connectivity index (χ1v) is 4.71. The molecule has 3 heteroatoms. The molecule has 0 saturated heterocycles. The van der Waals surface area contributed by atoms with Crippen LogP contribution in [0.2, 0.25) is 0 Å². The minimum Gasteiger partial charge on any atom is -0.366 e. The van der Waals surface area contributed by atoms with Crippen LogP contribution in [0, 0.1) is 0 Å². The van der Waals surface area contributed by atoms with Crippen molar-refractivity contribution in [2.75, 3.05) is 0 Å². The van der Waals surface area contributed by atoms with Gasteiger partial charge in [0.25, 0.3) is 0 Å². The first kappa shape index (κ1) is 8.52. The number of carbonyl (C=O) groups is 1. The average Bonchev–Trinajstić information content (AvgIpc) is 2.05. The van der Waals surface area contributed by atoms with Crippen LogP contribution >= 0.6 is 22.6 Å². The van der Waals surface area contributed by atoms with Crippen molar-refractivity contribution in [3.63, 3.8) is 0 Å². The van der Waals surface area contributed by atoms with Crippen LogP contribution in [-0.2, 0) is 4.43 Å². The van der Waals surface area contributed by atoms with Crippen LogP contribution < -0.4 is 5.73 Å². The Bertz CT molecular complexity index is 273. The van der Waals surface area contributed by atoms with Crippen molar-refractivity contribution in [3.05, 3.63) is 35.4 Å². The van der Waals surface area contributed by atoms with Gasteiger partial charge in [-0.2, -0.15) is 0 Å². The number of hydrogen-bond donors (Lipinski definition) is 1. The van der Waals surface area contributed by atoms with Crippen LogP contribution in [-0.4, -0.2) is 5.91 Å². The summed E-state index contributed by atoms with van der Waals surface area (Å²) < 4.78 is 0.902. The molecule has 58 valence electrons. The molecular formula is C8H8INO. The number of hydrogen-bond acceptors (Lipinski definition) is 1. The van der Waals surface area contributed by atoms with Crippen LogP contribution in [0.3, 0.4) is 0 Å². The molecule has 0 bridgehead atoms. The summed E-state index contributed by atoms with van der Waals surface area (Å²) in [5.74, 6) is -0.364. The van der Waals surface area contributed by atoms with Gasteiger partial charge in [-0.05, 0) is 17.7 Å². The second kappa shape index (κ2) is 3.71. The summed E-state index contributed by atoms with van der Waals surface area (Å²) >= 11 is 2.24. The van der Waals surface area contributed by atoms with E-state index in [4.69, 9.17) is 5.73 Å². The Labute approximate surface area is 78.9 Å². The zero-order valence-corrected chi connectivity index (χ0v) is 8.04. The minimum absolute atomic E-state index is 0.364. The van der Waals surface area contributed by atoms with Crippen molar-refractivity contribution in [3.8, 4) is 0 Å². The van der Waals surface area contributed by atoms with Crippen molar-refractivity contribution < 1.29 is 4.79 Å². The average molecular weight is 261 g/mol. The van der Waals surface area contributed by atoms with Gasteiger partial charge in [0.2, 0.25) is 5.91 Å². The molecule has 0 radical (unpaired) electrons. The van der Waals surface area contributed by atoms with Crippen LogP contribution in [0.4, 0.5) is 0 Å². The van der Waals surface area contributed by atoms with Gasteiger partial charge in [-0.3, -0.25) is 4.79 Å². The van der Waals surface area contributed by atoms with Gasteiger partial charge in [0, 0.05) is 9.99 Å². The molecule has 2 nitrogen and oxygen atoms in total. The molecule has 0 atom stereocenters. The summed E-state index contributed by atoms with van der Waals surface area (Å²) in [7, 11) is 0. The summed E-state index contributed by atoms with van der Waals surface area (Å²) in [4.78, 5) is 10.7. The van der Waals surface area contributed by atoms with E-state index in [2.05, 4.69) is 22.6 Å². The van der Waals surface area contributed by atoms with Crippen LogP contribution in [0.5, 0.6) is 0 Å². The van der Waals surface area contributed by atoms with E-state index in [1.165, 1.54) is 0 Å². The molecule has 0 spiro atoms. The number of nitrogens with two attached hydrogens (primary N) is 1. The Balaban J connectivity index is 3.01. The highest BCUT2D eigenvalue weighted by atomic mass is 127. The fourth-order valence-corrected chi connectivity index (χ4v) is 1.28. The van der Waals surface area contributed by atoms with Gasteiger partial charge >= 0.3 is 0 Å². The number of primary amides is 1. The number of benzene rings is 1. The molecule has 1 aromatic carbocycles. The fraction of sp³-hybridized carbons (Fsp3) is 0.125. The summed E-state index contributed by atoms with van der Waals surface area (Å²) in [6.45, 7) is 0. The third-order valence-corrected chi connectivity index (χ3v) is 2.25. The molecular weight excluding hydrogens is 253 g/mol. The van der Waals surface area contributed by atoms with Gasteiger partial charge in [-0.15, -0.1) is 0 Å². The Kier molecular flexibility index (Phi) is 2.87. The maximum absolute atomic E-state index is 10.7. The molecule has 0 saturated carbocycles. The molecule has 11 heavy (non-hydrogen) atoms. The van der Waals surface area contributed by atoms with Crippen molar-refractivity contribution in [2.24, 2.45) is 5.73 Å². The van der Waals surface area contributed by atoms with Crippen LogP contribution in [0.1, 0.15) is 15.9 Å². The first-order chi connectivity index (χ1) is 5.24. The number of halogens is 1. The summed E-state index contributed by atoms with van der Waals surface area (Å²) in [6, 6.07) is 7.35. The molecule has 0 aliphatic heterocycles. The van der Waals surface area contributed by atoms with Gasteiger partial charge in [-0.25, -0.2) is 0 Å². The van der Waals surface area contributed by atoms with Gasteiger partial charge in [0.1, 0.15) is 0 Å². The van der Waals surface area contributed by atoms with Crippen molar-refractivity contribution in [1.29, 1.82) is 0 Å². The lowest BCUT2D eigenvalue weighted by molar-refractivity contribution is 0.1000. The molecule has 1 aromatic rings. The lowest BCUT2D eigenvalue weighted by Crippen LogP contribution is -2.10. The summed E-state index contributed by atoms with van der Waals surface area (Å²) in [5.41, 5.74) is 6.81. The quantitative estimate of drug-likeness (QED) is 0.639. The van der Waals surface area contributed by atoms with E-state index in [9.17, 15) is 4.79 Å². The fourth-order valence-electron chi connectivity index (χ4n) is 0.808. The lowest BCUT2D eigenvalue weighted by atomic mass is 10.1. The zero-order valence-electron chi connectivity index (χ0n) is 5.88. The molecule has 0 fully saturated rings. The van der Waals surface area contributed by atoms with E-state index in [1.807, 2.05) is 18.2 Å². The lowest BCUT2D eigenvalue weighted by Gasteiger charge is -1.97. The van der Waals surface area contributed by atoms with E-state index < -0.39 is 0 Å². The minimum atomic E-state index is -0.364. The highest BCUT2D eigenvalue weighted by Gasteiger charge is 1.98. The Morgan fingerprint density at radius 3 is 2.82 bits per heavy atom. The standard InChI is InChI=1S/C8H8INO/c9-5-6-2-1-3-7(4-6)8(10)11/h1-4H,5H2,(H2,10,11). The Morgan fingerprint density at radius 2 is 2.27 bits per heavy atom. The van der Waals surface area contributed by atoms with Crippen LogP contribution in [0.25, 0.3) is 0 Å². The number of alkyl halides is 1. The van der Waals surface area contributed by atoms with Gasteiger partial charge in [0.05, 0.1) is 0 Å². The highest BCUT2D eigenvalue weighted by molar-refractivity contribution is 14.1. The molecule has 0 heterocycles. The molecule has 0 aliphatic carbocycles. The van der Waals surface area contributed by atoms with E-state index >= 15 is 0 Å². The molecule has 2 N–H and O–H groups in total. The van der Waals surface area contributed by atoms with E-state index in [-0.39, 0.29) is 5.91 Å². The van der Waals surface area contributed by atoms with Gasteiger partial charge in [-0.1, -0.05) is 34.7 Å². The third kappa shape index (κ3) is 2.18. The molecule has 0 aromatic heterocycles. The molecule has 0 unspecified atom stereocenters. The van der Waals surface area contributed by atoms with E-state index in [1.54, 1.807) is 6.07 Å². The summed E-state index contributed by atoms with van der Waals surface area (Å²) in [5, 5.41) is 0. The highest BCUT2D eigenvalue weighted by Crippen LogP contribution is 2.08. The predicted octanol–water partition coefficient (Wildman–Crippen LogP) is 1.72. The molecule has 1 rings (SSSR count). The number of carbonyl (C=O) groups excluding carboxylic acids is 1. The largest absolute Gasteiger partial charge is 0.366 e. The van der Waals surface area contributed by atoms with Crippen molar-refractivity contribution in [1.82, 2.24) is 0 Å². The maximum Gasteiger partial charge on any atom is 0.248 e. The van der Waals surface area contributed by atoms with Gasteiger partial charge < -0.3 is 5.73 Å². The topological polar surface area (TPSA) is 43.1 Å². The van der Waals surface area contributed by atoms with E-state index in [0.29, 0.717) is 5.56 Å². The Morgan fingerprint density at radius 1 is 1.55 bits per heavy atom. The number of rotatable bonds is 2. The molecule has 0 aliphatic rings. The first-order valence-electron chi connectivity index (χ1n) is 3.18. The third-order valence-electron chi connectivity index (χ3n) is 1.37. The van der Waals surface area contributed by atoms with Crippen molar-refractivity contribution >= 4 is 28.5 Å². The van der Waals surface area contributed by atoms with E-state index in [0.717, 1.165) is 9.99 Å².